The van der Waals surface area contributed by atoms with Crippen LogP contribution in [0.2, 0.25) is 5.02 Å². The third-order valence-corrected chi connectivity index (χ3v) is 2.62. The van der Waals surface area contributed by atoms with Crippen LogP contribution in [0.3, 0.4) is 0 Å². The number of halogens is 2. The Morgan fingerprint density at radius 1 is 0.875 bits per heavy atom. The van der Waals surface area contributed by atoms with E-state index in [2.05, 4.69) is 0 Å². The van der Waals surface area contributed by atoms with Crippen molar-refractivity contribution < 1.29 is 9.50 Å². The summed E-state index contributed by atoms with van der Waals surface area (Å²) in [5, 5.41) is 10.6. The van der Waals surface area contributed by atoms with E-state index in [4.69, 9.17) is 11.6 Å². The summed E-state index contributed by atoms with van der Waals surface area (Å²) in [5.41, 5.74) is 1.39. The van der Waals surface area contributed by atoms with Crippen molar-refractivity contribution in [1.82, 2.24) is 0 Å². The molecule has 0 aliphatic heterocycles. The first-order valence-corrected chi connectivity index (χ1v) is 5.23. The molecule has 3 heteroatoms. The van der Waals surface area contributed by atoms with Crippen LogP contribution in [0.1, 0.15) is 17.2 Å². The number of hydrogen-bond acceptors (Lipinski definition) is 1. The highest BCUT2D eigenvalue weighted by atomic mass is 35.5. The molecule has 0 bridgehead atoms. The number of benzene rings is 2. The van der Waals surface area contributed by atoms with Gasteiger partial charge in [-0.25, -0.2) is 4.39 Å². The van der Waals surface area contributed by atoms with Gasteiger partial charge in [0.1, 0.15) is 11.9 Å². The predicted molar refractivity (Wildman–Crippen MR) is 61.9 cm³/mol. The van der Waals surface area contributed by atoms with E-state index in [9.17, 15) is 9.50 Å². The van der Waals surface area contributed by atoms with E-state index >= 15 is 0 Å². The average molecular weight is 237 g/mol. The maximum atomic E-state index is 12.7. The molecular weight excluding hydrogens is 227 g/mol. The number of hydrogen-bond donors (Lipinski definition) is 1. The van der Waals surface area contributed by atoms with Crippen molar-refractivity contribution in [2.24, 2.45) is 0 Å². The molecule has 0 amide bonds. The highest BCUT2D eigenvalue weighted by molar-refractivity contribution is 6.30. The molecule has 0 aliphatic carbocycles. The molecular formula is C13H10ClFO. The smallest absolute Gasteiger partial charge is 0.123 e. The Hall–Kier alpha value is -1.38. The fourth-order valence-electron chi connectivity index (χ4n) is 1.48. The molecule has 0 radical (unpaired) electrons. The minimum Gasteiger partial charge on any atom is -0.384 e. The van der Waals surface area contributed by atoms with E-state index < -0.39 is 6.10 Å². The molecule has 0 aliphatic rings. The summed E-state index contributed by atoms with van der Waals surface area (Å²) in [6.07, 6.45) is -0.752. The Labute approximate surface area is 98.1 Å². The molecule has 0 spiro atoms. The van der Waals surface area contributed by atoms with Crippen LogP contribution in [-0.2, 0) is 0 Å². The Balaban J connectivity index is 2.28. The molecule has 0 heterocycles. The molecule has 1 nitrogen and oxygen atoms in total. The molecule has 1 N–H and O–H groups in total. The summed E-state index contributed by atoms with van der Waals surface area (Å²) in [5.74, 6) is -0.313. The Morgan fingerprint density at radius 2 is 1.31 bits per heavy atom. The Kier molecular flexibility index (Phi) is 3.22. The van der Waals surface area contributed by atoms with E-state index in [1.165, 1.54) is 12.1 Å². The first-order valence-electron chi connectivity index (χ1n) is 4.86. The Morgan fingerprint density at radius 3 is 1.81 bits per heavy atom. The normalized spacial score (nSPS) is 12.4. The number of aliphatic hydroxyl groups is 1. The van der Waals surface area contributed by atoms with Crippen molar-refractivity contribution in [2.75, 3.05) is 0 Å². The molecule has 16 heavy (non-hydrogen) atoms. The van der Waals surface area contributed by atoms with Gasteiger partial charge in [0.05, 0.1) is 0 Å². The van der Waals surface area contributed by atoms with Crippen LogP contribution in [0.15, 0.2) is 48.5 Å². The van der Waals surface area contributed by atoms with Crippen LogP contribution in [0.4, 0.5) is 4.39 Å². The van der Waals surface area contributed by atoms with Gasteiger partial charge in [-0.15, -0.1) is 0 Å². The van der Waals surface area contributed by atoms with Crippen LogP contribution in [0.5, 0.6) is 0 Å². The van der Waals surface area contributed by atoms with Crippen molar-refractivity contribution in [2.45, 2.75) is 6.10 Å². The summed E-state index contributed by atoms with van der Waals surface area (Å²) in [7, 11) is 0. The maximum absolute atomic E-state index is 12.7. The van der Waals surface area contributed by atoms with Crippen molar-refractivity contribution in [3.63, 3.8) is 0 Å². The zero-order valence-electron chi connectivity index (χ0n) is 8.40. The van der Waals surface area contributed by atoms with Crippen LogP contribution >= 0.6 is 11.6 Å². The molecule has 2 aromatic rings. The summed E-state index contributed by atoms with van der Waals surface area (Å²) in [4.78, 5) is 0. The second kappa shape index (κ2) is 4.64. The number of rotatable bonds is 2. The predicted octanol–water partition coefficient (Wildman–Crippen LogP) is 3.56. The SMILES string of the molecule is O[C@@H](c1ccc(F)cc1)c1ccc(Cl)cc1. The van der Waals surface area contributed by atoms with E-state index in [-0.39, 0.29) is 5.82 Å². The van der Waals surface area contributed by atoms with Crippen LogP contribution < -0.4 is 0 Å². The lowest BCUT2D eigenvalue weighted by Crippen LogP contribution is -1.99. The van der Waals surface area contributed by atoms with E-state index in [0.717, 1.165) is 5.56 Å². The van der Waals surface area contributed by atoms with Gasteiger partial charge in [-0.2, -0.15) is 0 Å². The van der Waals surface area contributed by atoms with Gasteiger partial charge < -0.3 is 5.11 Å². The van der Waals surface area contributed by atoms with Gasteiger partial charge in [-0.1, -0.05) is 35.9 Å². The van der Waals surface area contributed by atoms with Gasteiger partial charge in [0.2, 0.25) is 0 Å². The molecule has 82 valence electrons. The lowest BCUT2D eigenvalue weighted by atomic mass is 10.0. The van der Waals surface area contributed by atoms with Crippen molar-refractivity contribution in [1.29, 1.82) is 0 Å². The molecule has 2 rings (SSSR count). The minimum absolute atomic E-state index is 0.313. The number of aliphatic hydroxyl groups excluding tert-OH is 1. The maximum Gasteiger partial charge on any atom is 0.123 e. The second-order valence-electron chi connectivity index (χ2n) is 3.51. The van der Waals surface area contributed by atoms with Gasteiger partial charge in [-0.3, -0.25) is 0 Å². The summed E-state index contributed by atoms with van der Waals surface area (Å²) >= 11 is 5.75. The fraction of sp³-hybridized carbons (Fsp3) is 0.0769. The van der Waals surface area contributed by atoms with Gasteiger partial charge >= 0.3 is 0 Å². The standard InChI is InChI=1S/C13H10ClFO/c14-11-5-1-9(2-6-11)13(16)10-3-7-12(15)8-4-10/h1-8,13,16H/t13-/m1/s1. The van der Waals surface area contributed by atoms with Crippen molar-refractivity contribution >= 4 is 11.6 Å². The average Bonchev–Trinajstić information content (AvgIpc) is 2.30. The summed E-state index contributed by atoms with van der Waals surface area (Å²) in [6.45, 7) is 0. The van der Waals surface area contributed by atoms with E-state index in [1.54, 1.807) is 36.4 Å². The van der Waals surface area contributed by atoms with Crippen LogP contribution in [0.25, 0.3) is 0 Å². The van der Waals surface area contributed by atoms with E-state index in [0.29, 0.717) is 10.6 Å². The molecule has 0 saturated carbocycles. The first kappa shape index (κ1) is 11.1. The van der Waals surface area contributed by atoms with Crippen LogP contribution in [-0.4, -0.2) is 5.11 Å². The van der Waals surface area contributed by atoms with Gasteiger partial charge in [-0.05, 0) is 35.4 Å². The van der Waals surface area contributed by atoms with Crippen molar-refractivity contribution in [3.05, 3.63) is 70.5 Å². The first-order chi connectivity index (χ1) is 7.66. The van der Waals surface area contributed by atoms with Crippen LogP contribution in [0, 0.1) is 5.82 Å². The zero-order valence-corrected chi connectivity index (χ0v) is 9.16. The molecule has 1 atom stereocenters. The van der Waals surface area contributed by atoms with E-state index in [1.807, 2.05) is 0 Å². The molecule has 0 saturated heterocycles. The van der Waals surface area contributed by atoms with Gasteiger partial charge in [0.15, 0.2) is 0 Å². The highest BCUT2D eigenvalue weighted by Crippen LogP contribution is 2.23. The highest BCUT2D eigenvalue weighted by Gasteiger charge is 2.09. The third kappa shape index (κ3) is 2.40. The lowest BCUT2D eigenvalue weighted by molar-refractivity contribution is 0.220. The van der Waals surface area contributed by atoms with Crippen molar-refractivity contribution in [3.8, 4) is 0 Å². The minimum atomic E-state index is -0.752. The fourth-order valence-corrected chi connectivity index (χ4v) is 1.61. The quantitative estimate of drug-likeness (QED) is 0.845. The second-order valence-corrected chi connectivity index (χ2v) is 3.94. The molecule has 2 aromatic carbocycles. The molecule has 0 aromatic heterocycles. The lowest BCUT2D eigenvalue weighted by Gasteiger charge is -2.11. The monoisotopic (exact) mass is 236 g/mol. The summed E-state index contributed by atoms with van der Waals surface area (Å²) in [6, 6.07) is 12.7. The third-order valence-electron chi connectivity index (χ3n) is 2.37. The zero-order chi connectivity index (χ0) is 11.5. The summed E-state index contributed by atoms with van der Waals surface area (Å²) < 4.78 is 12.7. The molecule has 0 unspecified atom stereocenters. The van der Waals surface area contributed by atoms with Gasteiger partial charge in [0, 0.05) is 5.02 Å². The molecule has 0 fully saturated rings. The largest absolute Gasteiger partial charge is 0.384 e. The Bertz CT molecular complexity index is 419. The van der Waals surface area contributed by atoms with Gasteiger partial charge in [0.25, 0.3) is 0 Å². The topological polar surface area (TPSA) is 20.2 Å².